The van der Waals surface area contributed by atoms with E-state index in [0.717, 1.165) is 28.5 Å². The molecule has 0 unspecified atom stereocenters. The zero-order valence-electron chi connectivity index (χ0n) is 16.2. The summed E-state index contributed by atoms with van der Waals surface area (Å²) in [6, 6.07) is 12.9. The Labute approximate surface area is 164 Å². The highest BCUT2D eigenvalue weighted by atomic mass is 16.5. The average Bonchev–Trinajstić information content (AvgIpc) is 3.12. The molecular weight excluding hydrogens is 356 g/mol. The Morgan fingerprint density at radius 2 is 2.04 bits per heavy atom. The minimum Gasteiger partial charge on any atom is -0.493 e. The maximum atomic E-state index is 11.8. The number of H-pyrrole nitrogens is 1. The van der Waals surface area contributed by atoms with Crippen molar-refractivity contribution in [2.75, 3.05) is 13.7 Å². The van der Waals surface area contributed by atoms with E-state index < -0.39 is 12.0 Å². The molecule has 0 spiro atoms. The van der Waals surface area contributed by atoms with Gasteiger partial charge in [-0.3, -0.25) is 4.79 Å². The van der Waals surface area contributed by atoms with Crippen LogP contribution in [-0.4, -0.2) is 35.8 Å². The Hall–Kier alpha value is -2.99. The van der Waals surface area contributed by atoms with Crippen molar-refractivity contribution in [1.29, 1.82) is 0 Å². The van der Waals surface area contributed by atoms with E-state index >= 15 is 0 Å². The van der Waals surface area contributed by atoms with Gasteiger partial charge in [-0.1, -0.05) is 31.2 Å². The van der Waals surface area contributed by atoms with E-state index in [1.807, 2.05) is 55.6 Å². The summed E-state index contributed by atoms with van der Waals surface area (Å²) in [5.41, 5.74) is 2.93. The molecule has 3 N–H and O–H groups in total. The number of carboxylic acids is 1. The van der Waals surface area contributed by atoms with Gasteiger partial charge in [0.2, 0.25) is 0 Å². The van der Waals surface area contributed by atoms with Crippen molar-refractivity contribution in [2.45, 2.75) is 32.4 Å². The van der Waals surface area contributed by atoms with Crippen LogP contribution in [0, 0.1) is 0 Å². The third kappa shape index (κ3) is 4.64. The van der Waals surface area contributed by atoms with Crippen LogP contribution in [0.25, 0.3) is 10.9 Å². The van der Waals surface area contributed by atoms with Crippen LogP contribution in [0.1, 0.15) is 24.5 Å². The van der Waals surface area contributed by atoms with Gasteiger partial charge in [-0.25, -0.2) is 0 Å². The van der Waals surface area contributed by atoms with E-state index in [4.69, 9.17) is 9.47 Å². The SMILES string of the molecule is CCCOc1ccc(CN[C@H](Cc2c[nH]c3ccccc23)C(=O)O)cc1OC. The lowest BCUT2D eigenvalue weighted by atomic mass is 10.0. The van der Waals surface area contributed by atoms with Crippen LogP contribution in [0.15, 0.2) is 48.7 Å². The van der Waals surface area contributed by atoms with Crippen molar-refractivity contribution in [3.8, 4) is 11.5 Å². The summed E-state index contributed by atoms with van der Waals surface area (Å²) in [6.45, 7) is 3.09. The lowest BCUT2D eigenvalue weighted by Crippen LogP contribution is -2.38. The second kappa shape index (κ2) is 9.28. The van der Waals surface area contributed by atoms with Gasteiger partial charge in [-0.15, -0.1) is 0 Å². The van der Waals surface area contributed by atoms with Crippen LogP contribution in [0.2, 0.25) is 0 Å². The Morgan fingerprint density at radius 1 is 1.21 bits per heavy atom. The van der Waals surface area contributed by atoms with Crippen molar-refractivity contribution in [1.82, 2.24) is 10.3 Å². The summed E-state index contributed by atoms with van der Waals surface area (Å²) < 4.78 is 11.1. The molecule has 1 heterocycles. The zero-order valence-corrected chi connectivity index (χ0v) is 16.2. The van der Waals surface area contributed by atoms with Crippen LogP contribution in [0.5, 0.6) is 11.5 Å². The molecule has 28 heavy (non-hydrogen) atoms. The minimum atomic E-state index is -0.875. The summed E-state index contributed by atoms with van der Waals surface area (Å²) in [6.07, 6.45) is 3.19. The number of aliphatic carboxylic acids is 1. The van der Waals surface area contributed by atoms with Crippen molar-refractivity contribution >= 4 is 16.9 Å². The fourth-order valence-electron chi connectivity index (χ4n) is 3.16. The number of hydrogen-bond donors (Lipinski definition) is 3. The van der Waals surface area contributed by atoms with Gasteiger partial charge in [0, 0.05) is 30.1 Å². The number of fused-ring (bicyclic) bond motifs is 1. The largest absolute Gasteiger partial charge is 0.493 e. The highest BCUT2D eigenvalue weighted by Gasteiger charge is 2.19. The van der Waals surface area contributed by atoms with Gasteiger partial charge >= 0.3 is 5.97 Å². The smallest absolute Gasteiger partial charge is 0.321 e. The molecule has 0 aliphatic rings. The molecule has 0 fully saturated rings. The summed E-state index contributed by atoms with van der Waals surface area (Å²) in [4.78, 5) is 15.0. The maximum Gasteiger partial charge on any atom is 0.321 e. The molecule has 0 radical (unpaired) electrons. The fourth-order valence-corrected chi connectivity index (χ4v) is 3.16. The first-order valence-corrected chi connectivity index (χ1v) is 9.43. The second-order valence-corrected chi connectivity index (χ2v) is 6.67. The number of benzene rings is 2. The summed E-state index contributed by atoms with van der Waals surface area (Å²) in [5.74, 6) is 0.470. The van der Waals surface area contributed by atoms with Crippen LogP contribution < -0.4 is 14.8 Å². The third-order valence-corrected chi connectivity index (χ3v) is 4.64. The van der Waals surface area contributed by atoms with Crippen molar-refractivity contribution < 1.29 is 19.4 Å². The first kappa shape index (κ1) is 19.8. The predicted molar refractivity (Wildman–Crippen MR) is 109 cm³/mol. The molecule has 0 aliphatic carbocycles. The normalized spacial score (nSPS) is 12.1. The van der Waals surface area contributed by atoms with Crippen molar-refractivity contribution in [2.24, 2.45) is 0 Å². The Bertz CT molecular complexity index is 935. The van der Waals surface area contributed by atoms with E-state index in [1.165, 1.54) is 0 Å². The highest BCUT2D eigenvalue weighted by Crippen LogP contribution is 2.28. The standard InChI is InChI=1S/C22H26N2O4/c1-3-10-28-20-9-8-15(11-21(20)27-2)13-23-19(22(25)26)12-16-14-24-18-7-5-4-6-17(16)18/h4-9,11,14,19,23-24H,3,10,12-13H2,1-2H3,(H,25,26)/t19-/m1/s1. The molecule has 0 aliphatic heterocycles. The number of hydrogen-bond acceptors (Lipinski definition) is 4. The monoisotopic (exact) mass is 382 g/mol. The lowest BCUT2D eigenvalue weighted by Gasteiger charge is -2.16. The molecule has 1 aromatic heterocycles. The van der Waals surface area contributed by atoms with E-state index in [2.05, 4.69) is 10.3 Å². The number of aromatic nitrogens is 1. The maximum absolute atomic E-state index is 11.8. The first-order valence-electron chi connectivity index (χ1n) is 9.43. The summed E-state index contributed by atoms with van der Waals surface area (Å²) >= 11 is 0. The van der Waals surface area contributed by atoms with Crippen LogP contribution in [-0.2, 0) is 17.8 Å². The molecule has 6 heteroatoms. The average molecular weight is 382 g/mol. The van der Waals surface area contributed by atoms with Crippen molar-refractivity contribution in [3.05, 3.63) is 59.8 Å². The predicted octanol–water partition coefficient (Wildman–Crippen LogP) is 3.75. The Morgan fingerprint density at radius 3 is 2.79 bits per heavy atom. The Balaban J connectivity index is 1.69. The van der Waals surface area contributed by atoms with Gasteiger partial charge in [-0.2, -0.15) is 0 Å². The molecule has 0 amide bonds. The molecule has 6 nitrogen and oxygen atoms in total. The molecule has 148 valence electrons. The Kier molecular flexibility index (Phi) is 6.55. The molecule has 3 aromatic rings. The molecule has 2 aromatic carbocycles. The number of methoxy groups -OCH3 is 1. The molecule has 0 saturated carbocycles. The van der Waals surface area contributed by atoms with Crippen LogP contribution in [0.4, 0.5) is 0 Å². The van der Waals surface area contributed by atoms with Gasteiger partial charge in [-0.05, 0) is 35.7 Å². The molecule has 0 bridgehead atoms. The molecule has 0 saturated heterocycles. The third-order valence-electron chi connectivity index (χ3n) is 4.64. The van der Waals surface area contributed by atoms with E-state index in [-0.39, 0.29) is 0 Å². The van der Waals surface area contributed by atoms with Gasteiger partial charge in [0.1, 0.15) is 6.04 Å². The number of carboxylic acid groups (broad SMARTS) is 1. The minimum absolute atomic E-state index is 0.397. The van der Waals surface area contributed by atoms with Crippen LogP contribution >= 0.6 is 0 Å². The van der Waals surface area contributed by atoms with E-state index in [1.54, 1.807) is 7.11 Å². The number of nitrogens with one attached hydrogen (secondary N) is 2. The number of para-hydroxylation sites is 1. The molecule has 1 atom stereocenters. The molecular formula is C22H26N2O4. The fraction of sp³-hybridized carbons (Fsp3) is 0.318. The van der Waals surface area contributed by atoms with Crippen LogP contribution in [0.3, 0.4) is 0 Å². The van der Waals surface area contributed by atoms with E-state index in [0.29, 0.717) is 31.1 Å². The zero-order chi connectivity index (χ0) is 19.9. The quantitative estimate of drug-likeness (QED) is 0.497. The number of rotatable bonds is 10. The topological polar surface area (TPSA) is 83.6 Å². The summed E-state index contributed by atoms with van der Waals surface area (Å²) in [7, 11) is 1.60. The van der Waals surface area contributed by atoms with Gasteiger partial charge in [0.15, 0.2) is 11.5 Å². The highest BCUT2D eigenvalue weighted by molar-refractivity contribution is 5.84. The molecule has 3 rings (SSSR count). The van der Waals surface area contributed by atoms with Crippen molar-refractivity contribution in [3.63, 3.8) is 0 Å². The number of ether oxygens (including phenoxy) is 2. The van der Waals surface area contributed by atoms with Gasteiger partial charge in [0.25, 0.3) is 0 Å². The summed E-state index contributed by atoms with van der Waals surface area (Å²) in [5, 5.41) is 13.8. The van der Waals surface area contributed by atoms with Gasteiger partial charge in [0.05, 0.1) is 13.7 Å². The number of aromatic amines is 1. The van der Waals surface area contributed by atoms with E-state index in [9.17, 15) is 9.90 Å². The lowest BCUT2D eigenvalue weighted by molar-refractivity contribution is -0.139. The second-order valence-electron chi connectivity index (χ2n) is 6.67. The number of carbonyl (C=O) groups is 1. The van der Waals surface area contributed by atoms with Gasteiger partial charge < -0.3 is 24.9 Å². The first-order chi connectivity index (χ1) is 13.6.